The minimum Gasteiger partial charge on any atom is -0.296 e. The lowest BCUT2D eigenvalue weighted by atomic mass is 10.2. The lowest BCUT2D eigenvalue weighted by Crippen LogP contribution is -2.14. The zero-order valence-electron chi connectivity index (χ0n) is 15.8. The van der Waals surface area contributed by atoms with Gasteiger partial charge in [-0.15, -0.1) is 10.2 Å². The van der Waals surface area contributed by atoms with Gasteiger partial charge in [0, 0.05) is 17.0 Å². The van der Waals surface area contributed by atoms with Crippen LogP contribution in [0.15, 0.2) is 63.8 Å². The normalized spacial score (nSPS) is 11.4. The van der Waals surface area contributed by atoms with Crippen LogP contribution in [0.1, 0.15) is 24.2 Å². The van der Waals surface area contributed by atoms with Gasteiger partial charge in [-0.1, -0.05) is 55.1 Å². The van der Waals surface area contributed by atoms with Crippen LogP contribution in [0.25, 0.3) is 0 Å². The van der Waals surface area contributed by atoms with E-state index in [0.29, 0.717) is 22.3 Å². The largest absolute Gasteiger partial charge is 0.296 e. The molecule has 0 saturated carbocycles. The van der Waals surface area contributed by atoms with Crippen molar-refractivity contribution in [3.05, 3.63) is 60.2 Å². The highest BCUT2D eigenvalue weighted by molar-refractivity contribution is 8.01. The average Bonchev–Trinajstić information content (AvgIpc) is 3.14. The third-order valence-corrected chi connectivity index (χ3v) is 7.42. The summed E-state index contributed by atoms with van der Waals surface area (Å²) in [5.41, 5.74) is 0.757. The quantitative estimate of drug-likeness (QED) is 0.393. The van der Waals surface area contributed by atoms with E-state index >= 15 is 0 Å². The van der Waals surface area contributed by atoms with Gasteiger partial charge < -0.3 is 0 Å². The molecule has 0 spiro atoms. The molecular formula is C19H20N4O3S3. The molecule has 0 fully saturated rings. The van der Waals surface area contributed by atoms with Crippen LogP contribution >= 0.6 is 23.1 Å². The summed E-state index contributed by atoms with van der Waals surface area (Å²) in [5, 5.41) is 11.2. The van der Waals surface area contributed by atoms with Crippen molar-refractivity contribution in [3.63, 3.8) is 0 Å². The lowest BCUT2D eigenvalue weighted by Gasteiger charge is -2.08. The van der Waals surface area contributed by atoms with Gasteiger partial charge in [0.25, 0.3) is 15.9 Å². The number of sulfonamides is 1. The molecule has 0 radical (unpaired) electrons. The molecule has 152 valence electrons. The van der Waals surface area contributed by atoms with Crippen molar-refractivity contribution in [1.29, 1.82) is 0 Å². The van der Waals surface area contributed by atoms with Crippen molar-refractivity contribution in [1.82, 2.24) is 10.2 Å². The zero-order valence-corrected chi connectivity index (χ0v) is 18.3. The Kier molecular flexibility index (Phi) is 6.88. The molecule has 1 amide bonds. The number of hydrogen-bond acceptors (Lipinski definition) is 7. The van der Waals surface area contributed by atoms with E-state index in [9.17, 15) is 13.2 Å². The standard InChI is InChI=1S/C19H20N4O3S3/c1-13(2)12-27-19-22-21-18(28-19)20-17(24)14-8-10-15(11-9-14)23-29(25,26)16-6-4-3-5-7-16/h3-11,13,23H,12H2,1-2H3,(H,20,21,24). The van der Waals surface area contributed by atoms with Crippen LogP contribution in [0.3, 0.4) is 0 Å². The Morgan fingerprint density at radius 2 is 1.76 bits per heavy atom. The highest BCUT2D eigenvalue weighted by Crippen LogP contribution is 2.27. The molecule has 1 aromatic heterocycles. The first-order chi connectivity index (χ1) is 13.8. The summed E-state index contributed by atoms with van der Waals surface area (Å²) in [6.07, 6.45) is 0. The first-order valence-corrected chi connectivity index (χ1v) is 12.1. The van der Waals surface area contributed by atoms with E-state index in [1.54, 1.807) is 54.2 Å². The number of thioether (sulfide) groups is 1. The Morgan fingerprint density at radius 3 is 2.41 bits per heavy atom. The molecule has 29 heavy (non-hydrogen) atoms. The predicted octanol–water partition coefficient (Wildman–Crippen LogP) is 4.34. The smallest absolute Gasteiger partial charge is 0.261 e. The molecule has 3 aromatic rings. The van der Waals surface area contributed by atoms with Crippen LogP contribution in [-0.2, 0) is 10.0 Å². The fraction of sp³-hybridized carbons (Fsp3) is 0.211. The number of anilines is 2. The van der Waals surface area contributed by atoms with Crippen LogP contribution in [0, 0.1) is 5.92 Å². The lowest BCUT2D eigenvalue weighted by molar-refractivity contribution is 0.102. The highest BCUT2D eigenvalue weighted by Gasteiger charge is 2.15. The van der Waals surface area contributed by atoms with Gasteiger partial charge in [-0.05, 0) is 42.3 Å². The van der Waals surface area contributed by atoms with Crippen molar-refractivity contribution in [2.45, 2.75) is 23.1 Å². The second-order valence-corrected chi connectivity index (χ2v) is 10.5. The van der Waals surface area contributed by atoms with Crippen LogP contribution in [0.4, 0.5) is 10.8 Å². The minimum absolute atomic E-state index is 0.171. The minimum atomic E-state index is -3.67. The van der Waals surface area contributed by atoms with Crippen LogP contribution < -0.4 is 10.0 Å². The van der Waals surface area contributed by atoms with Gasteiger partial charge in [-0.3, -0.25) is 14.8 Å². The fourth-order valence-corrected chi connectivity index (χ4v) is 5.03. The molecular weight excluding hydrogens is 428 g/mol. The number of hydrogen-bond donors (Lipinski definition) is 2. The summed E-state index contributed by atoms with van der Waals surface area (Å²) in [7, 11) is -3.67. The monoisotopic (exact) mass is 448 g/mol. The van der Waals surface area contributed by atoms with Crippen molar-refractivity contribution in [2.24, 2.45) is 5.92 Å². The van der Waals surface area contributed by atoms with Crippen LogP contribution in [0.2, 0.25) is 0 Å². The topological polar surface area (TPSA) is 101 Å². The van der Waals surface area contributed by atoms with Gasteiger partial charge in [0.1, 0.15) is 0 Å². The number of nitrogens with one attached hydrogen (secondary N) is 2. The number of amides is 1. The number of carbonyl (C=O) groups is 1. The molecule has 2 N–H and O–H groups in total. The molecule has 2 aromatic carbocycles. The summed E-state index contributed by atoms with van der Waals surface area (Å²) >= 11 is 2.93. The average molecular weight is 449 g/mol. The van der Waals surface area contributed by atoms with Gasteiger partial charge >= 0.3 is 0 Å². The third-order valence-electron chi connectivity index (χ3n) is 3.62. The maximum Gasteiger partial charge on any atom is 0.261 e. The molecule has 3 rings (SSSR count). The molecule has 0 atom stereocenters. The second kappa shape index (κ2) is 9.38. The third kappa shape index (κ3) is 6.02. The summed E-state index contributed by atoms with van der Waals surface area (Å²) in [6.45, 7) is 4.25. The number of nitrogens with zero attached hydrogens (tertiary/aromatic N) is 2. The van der Waals surface area contributed by atoms with Gasteiger partial charge in [0.05, 0.1) is 4.90 Å². The second-order valence-electron chi connectivity index (χ2n) is 6.53. The molecule has 0 aliphatic heterocycles. The van der Waals surface area contributed by atoms with Gasteiger partial charge in [-0.2, -0.15) is 0 Å². The molecule has 0 aliphatic carbocycles. The summed E-state index contributed by atoms with van der Waals surface area (Å²) < 4.78 is 28.0. The molecule has 0 bridgehead atoms. The summed E-state index contributed by atoms with van der Waals surface area (Å²) in [5.74, 6) is 1.14. The Bertz CT molecular complexity index is 1070. The SMILES string of the molecule is CC(C)CSc1nnc(NC(=O)c2ccc(NS(=O)(=O)c3ccccc3)cc2)s1. The Morgan fingerprint density at radius 1 is 1.07 bits per heavy atom. The number of benzene rings is 2. The highest BCUT2D eigenvalue weighted by atomic mass is 32.2. The molecule has 0 saturated heterocycles. The van der Waals surface area contributed by atoms with E-state index < -0.39 is 10.0 Å². The molecule has 0 aliphatic rings. The zero-order chi connectivity index (χ0) is 20.9. The maximum atomic E-state index is 12.4. The number of carbonyl (C=O) groups excluding carboxylic acids is 1. The molecule has 7 nitrogen and oxygen atoms in total. The van der Waals surface area contributed by atoms with Crippen molar-refractivity contribution < 1.29 is 13.2 Å². The molecule has 10 heteroatoms. The predicted molar refractivity (Wildman–Crippen MR) is 117 cm³/mol. The van der Waals surface area contributed by atoms with Gasteiger partial charge in [-0.25, -0.2) is 8.42 Å². The summed E-state index contributed by atoms with van der Waals surface area (Å²) in [4.78, 5) is 12.6. The Labute approximate surface area is 178 Å². The maximum absolute atomic E-state index is 12.4. The Balaban J connectivity index is 1.62. The van der Waals surface area contributed by atoms with E-state index in [-0.39, 0.29) is 10.8 Å². The van der Waals surface area contributed by atoms with Crippen molar-refractivity contribution in [3.8, 4) is 0 Å². The fourth-order valence-electron chi connectivity index (χ4n) is 2.23. The van der Waals surface area contributed by atoms with Gasteiger partial charge in [0.15, 0.2) is 4.34 Å². The van der Waals surface area contributed by atoms with E-state index in [1.807, 2.05) is 0 Å². The molecule has 0 unspecified atom stereocenters. The number of rotatable bonds is 8. The molecule has 1 heterocycles. The van der Waals surface area contributed by atoms with E-state index in [4.69, 9.17) is 0 Å². The van der Waals surface area contributed by atoms with Crippen LogP contribution in [0.5, 0.6) is 0 Å². The van der Waals surface area contributed by atoms with E-state index in [0.717, 1.165) is 10.1 Å². The van der Waals surface area contributed by atoms with Gasteiger partial charge in [0.2, 0.25) is 5.13 Å². The first-order valence-electron chi connectivity index (χ1n) is 8.79. The number of aromatic nitrogens is 2. The van der Waals surface area contributed by atoms with E-state index in [1.165, 1.54) is 23.5 Å². The Hall–Kier alpha value is -2.43. The van der Waals surface area contributed by atoms with Crippen LogP contribution in [-0.4, -0.2) is 30.3 Å². The van der Waals surface area contributed by atoms with Crippen molar-refractivity contribution >= 4 is 49.8 Å². The van der Waals surface area contributed by atoms with Crippen molar-refractivity contribution in [2.75, 3.05) is 15.8 Å². The summed E-state index contributed by atoms with van der Waals surface area (Å²) in [6, 6.07) is 14.3. The first kappa shape index (κ1) is 21.3. The van der Waals surface area contributed by atoms with E-state index in [2.05, 4.69) is 34.1 Å².